The van der Waals surface area contributed by atoms with E-state index in [0.29, 0.717) is 38.4 Å². The van der Waals surface area contributed by atoms with Gasteiger partial charge in [-0.15, -0.1) is 10.2 Å². The van der Waals surface area contributed by atoms with Gasteiger partial charge in [0.2, 0.25) is 6.41 Å². The first kappa shape index (κ1) is 16.9. The van der Waals surface area contributed by atoms with Crippen LogP contribution in [0.25, 0.3) is 0 Å². The first-order valence-corrected chi connectivity index (χ1v) is 8.27. The molecule has 0 saturated carbocycles. The summed E-state index contributed by atoms with van der Waals surface area (Å²) in [5.41, 5.74) is 2.52. The predicted octanol–water partition coefficient (Wildman–Crippen LogP) is 0.993. The van der Waals surface area contributed by atoms with Crippen molar-refractivity contribution >= 4 is 18.1 Å². The number of amides is 2. The van der Waals surface area contributed by atoms with Crippen molar-refractivity contribution in [2.24, 2.45) is 0 Å². The van der Waals surface area contributed by atoms with Gasteiger partial charge in [0.15, 0.2) is 11.5 Å². The van der Waals surface area contributed by atoms with Crippen LogP contribution in [0.1, 0.15) is 21.6 Å². The van der Waals surface area contributed by atoms with E-state index in [4.69, 9.17) is 0 Å². The topological polar surface area (TPSA) is 78.4 Å². The first-order valence-electron chi connectivity index (χ1n) is 8.27. The van der Waals surface area contributed by atoms with Crippen LogP contribution < -0.4 is 10.2 Å². The van der Waals surface area contributed by atoms with Crippen LogP contribution in [0.2, 0.25) is 0 Å². The van der Waals surface area contributed by atoms with Gasteiger partial charge < -0.3 is 15.1 Å². The summed E-state index contributed by atoms with van der Waals surface area (Å²) < 4.78 is 0. The zero-order chi connectivity index (χ0) is 17.6. The number of aromatic nitrogens is 2. The third-order valence-electron chi connectivity index (χ3n) is 4.24. The summed E-state index contributed by atoms with van der Waals surface area (Å²) in [7, 11) is 0. The molecule has 1 aromatic carbocycles. The van der Waals surface area contributed by atoms with E-state index in [1.807, 2.05) is 31.2 Å². The molecule has 1 aromatic heterocycles. The molecule has 2 aromatic rings. The zero-order valence-electron chi connectivity index (χ0n) is 14.2. The van der Waals surface area contributed by atoms with E-state index >= 15 is 0 Å². The van der Waals surface area contributed by atoms with Crippen molar-refractivity contribution in [2.75, 3.05) is 31.1 Å². The highest BCUT2D eigenvalue weighted by molar-refractivity contribution is 5.92. The lowest BCUT2D eigenvalue weighted by Crippen LogP contribution is -2.46. The summed E-state index contributed by atoms with van der Waals surface area (Å²) in [5, 5.41) is 11.0. The van der Waals surface area contributed by atoms with Crippen molar-refractivity contribution in [1.82, 2.24) is 20.4 Å². The molecule has 3 rings (SSSR count). The SMILES string of the molecule is Cc1ccc(CNC(=O)c2ccc(N3CCN(C=O)CC3)nn2)cc1. The monoisotopic (exact) mass is 339 g/mol. The van der Waals surface area contributed by atoms with Crippen LogP contribution >= 0.6 is 0 Å². The molecular formula is C18H21N5O2. The highest BCUT2D eigenvalue weighted by atomic mass is 16.2. The molecule has 1 fully saturated rings. The van der Waals surface area contributed by atoms with Crippen LogP contribution in [0.5, 0.6) is 0 Å². The van der Waals surface area contributed by atoms with Crippen LogP contribution in [0.15, 0.2) is 36.4 Å². The molecule has 0 spiro atoms. The van der Waals surface area contributed by atoms with Crippen LogP contribution in [-0.4, -0.2) is 53.6 Å². The van der Waals surface area contributed by atoms with E-state index < -0.39 is 0 Å². The lowest BCUT2D eigenvalue weighted by atomic mass is 10.1. The Balaban J connectivity index is 1.55. The Labute approximate surface area is 146 Å². The number of aryl methyl sites for hydroxylation is 1. The fourth-order valence-corrected chi connectivity index (χ4v) is 2.65. The maximum absolute atomic E-state index is 12.2. The van der Waals surface area contributed by atoms with Gasteiger partial charge in [-0.25, -0.2) is 0 Å². The first-order chi connectivity index (χ1) is 12.2. The Bertz CT molecular complexity index is 722. The van der Waals surface area contributed by atoms with Crippen molar-refractivity contribution in [2.45, 2.75) is 13.5 Å². The molecule has 1 N–H and O–H groups in total. The van der Waals surface area contributed by atoms with Gasteiger partial charge >= 0.3 is 0 Å². The summed E-state index contributed by atoms with van der Waals surface area (Å²) in [4.78, 5) is 26.7. The Morgan fingerprint density at radius 1 is 1.08 bits per heavy atom. The minimum Gasteiger partial charge on any atom is -0.352 e. The number of piperazine rings is 1. The van der Waals surface area contributed by atoms with Gasteiger partial charge in [-0.2, -0.15) is 0 Å². The largest absolute Gasteiger partial charge is 0.352 e. The average molecular weight is 339 g/mol. The number of carbonyl (C=O) groups is 2. The van der Waals surface area contributed by atoms with Gasteiger partial charge in [0, 0.05) is 32.7 Å². The van der Waals surface area contributed by atoms with Crippen LogP contribution in [-0.2, 0) is 11.3 Å². The van der Waals surface area contributed by atoms with Crippen molar-refractivity contribution in [3.8, 4) is 0 Å². The van der Waals surface area contributed by atoms with Crippen molar-refractivity contribution in [3.63, 3.8) is 0 Å². The number of carbonyl (C=O) groups excluding carboxylic acids is 2. The van der Waals surface area contributed by atoms with E-state index in [-0.39, 0.29) is 5.91 Å². The van der Waals surface area contributed by atoms with E-state index in [1.54, 1.807) is 17.0 Å². The number of nitrogens with zero attached hydrogens (tertiary/aromatic N) is 4. The highest BCUT2D eigenvalue weighted by Gasteiger charge is 2.17. The summed E-state index contributed by atoms with van der Waals surface area (Å²) >= 11 is 0. The number of hydrogen-bond acceptors (Lipinski definition) is 5. The molecule has 0 unspecified atom stereocenters. The maximum Gasteiger partial charge on any atom is 0.272 e. The van der Waals surface area contributed by atoms with E-state index in [2.05, 4.69) is 20.4 Å². The van der Waals surface area contributed by atoms with Crippen LogP contribution in [0, 0.1) is 6.92 Å². The van der Waals surface area contributed by atoms with Gasteiger partial charge in [-0.3, -0.25) is 9.59 Å². The quantitative estimate of drug-likeness (QED) is 0.822. The molecule has 1 saturated heterocycles. The Morgan fingerprint density at radius 3 is 2.40 bits per heavy atom. The minimum atomic E-state index is -0.245. The normalized spacial score (nSPS) is 14.3. The fourth-order valence-electron chi connectivity index (χ4n) is 2.65. The predicted molar refractivity (Wildman–Crippen MR) is 94.2 cm³/mol. The molecule has 7 nitrogen and oxygen atoms in total. The smallest absolute Gasteiger partial charge is 0.272 e. The maximum atomic E-state index is 12.2. The third kappa shape index (κ3) is 4.32. The second kappa shape index (κ2) is 7.74. The number of nitrogens with one attached hydrogen (secondary N) is 1. The summed E-state index contributed by atoms with van der Waals surface area (Å²) in [6.45, 7) is 5.25. The van der Waals surface area contributed by atoms with Gasteiger partial charge in [0.05, 0.1) is 0 Å². The molecule has 130 valence electrons. The van der Waals surface area contributed by atoms with Crippen molar-refractivity contribution in [3.05, 3.63) is 53.2 Å². The molecule has 1 aliphatic rings. The number of hydrogen-bond donors (Lipinski definition) is 1. The van der Waals surface area contributed by atoms with E-state index in [1.165, 1.54) is 5.56 Å². The lowest BCUT2D eigenvalue weighted by molar-refractivity contribution is -0.118. The Hall–Kier alpha value is -2.96. The molecule has 0 atom stereocenters. The van der Waals surface area contributed by atoms with E-state index in [9.17, 15) is 9.59 Å². The molecule has 25 heavy (non-hydrogen) atoms. The molecule has 2 heterocycles. The summed E-state index contributed by atoms with van der Waals surface area (Å²) in [6.07, 6.45) is 0.866. The van der Waals surface area contributed by atoms with Gasteiger partial charge in [0.25, 0.3) is 5.91 Å². The van der Waals surface area contributed by atoms with Gasteiger partial charge in [-0.05, 0) is 24.6 Å². The molecule has 7 heteroatoms. The fraction of sp³-hybridized carbons (Fsp3) is 0.333. The van der Waals surface area contributed by atoms with Gasteiger partial charge in [-0.1, -0.05) is 29.8 Å². The minimum absolute atomic E-state index is 0.245. The van der Waals surface area contributed by atoms with Crippen LogP contribution in [0.3, 0.4) is 0 Å². The summed E-state index contributed by atoms with van der Waals surface area (Å²) in [5.74, 6) is 0.478. The molecule has 2 amide bonds. The Kier molecular flexibility index (Phi) is 5.23. The molecule has 0 radical (unpaired) electrons. The molecule has 0 bridgehead atoms. The second-order valence-corrected chi connectivity index (χ2v) is 6.07. The number of benzene rings is 1. The molecule has 1 aliphatic heterocycles. The standard InChI is InChI=1S/C18H21N5O2/c1-14-2-4-15(5-3-14)12-19-18(25)16-6-7-17(21-20-16)23-10-8-22(13-24)9-11-23/h2-7,13H,8-12H2,1H3,(H,19,25). The second-order valence-electron chi connectivity index (χ2n) is 6.07. The number of rotatable bonds is 5. The lowest BCUT2D eigenvalue weighted by Gasteiger charge is -2.32. The third-order valence-corrected chi connectivity index (χ3v) is 4.24. The summed E-state index contributed by atoms with van der Waals surface area (Å²) in [6, 6.07) is 11.5. The highest BCUT2D eigenvalue weighted by Crippen LogP contribution is 2.12. The molecular weight excluding hydrogens is 318 g/mol. The molecule has 0 aliphatic carbocycles. The Morgan fingerprint density at radius 2 is 1.80 bits per heavy atom. The van der Waals surface area contributed by atoms with Gasteiger partial charge in [0.1, 0.15) is 0 Å². The van der Waals surface area contributed by atoms with Crippen molar-refractivity contribution < 1.29 is 9.59 Å². The average Bonchev–Trinajstić information content (AvgIpc) is 2.67. The van der Waals surface area contributed by atoms with E-state index in [0.717, 1.165) is 17.8 Å². The van der Waals surface area contributed by atoms with Crippen molar-refractivity contribution in [1.29, 1.82) is 0 Å². The zero-order valence-corrected chi connectivity index (χ0v) is 14.2. The van der Waals surface area contributed by atoms with Crippen LogP contribution in [0.4, 0.5) is 5.82 Å². The number of anilines is 1.